The van der Waals surface area contributed by atoms with Crippen LogP contribution in [0.2, 0.25) is 0 Å². The fourth-order valence-electron chi connectivity index (χ4n) is 0. The van der Waals surface area contributed by atoms with Gasteiger partial charge >= 0.3 is 46.6 Å². The van der Waals surface area contributed by atoms with Crippen molar-refractivity contribution >= 4 is 20.8 Å². The minimum atomic E-state index is -5.17. The molecule has 0 saturated carbocycles. The predicted octanol–water partition coefficient (Wildman–Crippen LogP) is -5.67. The third-order valence-electron chi connectivity index (χ3n) is 0. The minimum Gasteiger partial charge on any atom is -0.759 e. The second-order valence-electron chi connectivity index (χ2n) is 0.816. The molecule has 0 amide bonds. The number of hydrogen-bond donors (Lipinski definition) is 0. The Morgan fingerprint density at radius 1 is 0.667 bits per heavy atom. The first-order chi connectivity index (χ1) is 4.00. The fourth-order valence-corrected chi connectivity index (χ4v) is 0. The monoisotopic (exact) mass is 271 g/mol. The summed E-state index contributed by atoms with van der Waals surface area (Å²) in [5.74, 6) is 0. The van der Waals surface area contributed by atoms with Crippen LogP contribution in [0.3, 0.4) is 0 Å². The standard InChI is InChI=1S/Fe.Na.2H2O4S/c;;2*1-5(2,3)4/h;;2*(H2,1,2,3,4)/q+3;+1;;/p-4. The van der Waals surface area contributed by atoms with E-state index in [1.54, 1.807) is 0 Å². The molecule has 1 radical (unpaired) electrons. The van der Waals surface area contributed by atoms with Crippen molar-refractivity contribution in [3.8, 4) is 0 Å². The minimum absolute atomic E-state index is 0. The quantitative estimate of drug-likeness (QED) is 0.239. The van der Waals surface area contributed by atoms with E-state index >= 15 is 0 Å². The Bertz CT molecular complexity index is 213. The maximum atomic E-state index is 8.52. The molecule has 0 N–H and O–H groups in total. The van der Waals surface area contributed by atoms with Gasteiger partial charge in [0.1, 0.15) is 0 Å². The van der Waals surface area contributed by atoms with Gasteiger partial charge in [-0.25, -0.2) is 0 Å². The van der Waals surface area contributed by atoms with E-state index in [0.717, 1.165) is 0 Å². The van der Waals surface area contributed by atoms with E-state index in [9.17, 15) is 0 Å². The Morgan fingerprint density at radius 2 is 0.667 bits per heavy atom. The first-order valence-electron chi connectivity index (χ1n) is 1.33. The van der Waals surface area contributed by atoms with E-state index in [4.69, 9.17) is 35.0 Å². The van der Waals surface area contributed by atoms with Crippen LogP contribution in [0.25, 0.3) is 0 Å². The molecular weight excluding hydrogens is 271 g/mol. The molecule has 0 unspecified atom stereocenters. The van der Waals surface area contributed by atoms with Crippen LogP contribution in [0, 0.1) is 0 Å². The molecule has 0 saturated heterocycles. The fraction of sp³-hybridized carbons (Fsp3) is 0. The average molecular weight is 271 g/mol. The van der Waals surface area contributed by atoms with Crippen molar-refractivity contribution in [3.05, 3.63) is 0 Å². The van der Waals surface area contributed by atoms with E-state index in [-0.39, 0.29) is 46.6 Å². The van der Waals surface area contributed by atoms with Crippen LogP contribution < -0.4 is 29.6 Å². The molecule has 0 heterocycles. The van der Waals surface area contributed by atoms with E-state index < -0.39 is 20.8 Å². The van der Waals surface area contributed by atoms with Crippen molar-refractivity contribution in [2.75, 3.05) is 0 Å². The van der Waals surface area contributed by atoms with Crippen molar-refractivity contribution in [1.29, 1.82) is 0 Å². The summed E-state index contributed by atoms with van der Waals surface area (Å²) in [5.41, 5.74) is 0. The zero-order valence-corrected chi connectivity index (χ0v) is 10.2. The molecule has 0 atom stereocenters. The van der Waals surface area contributed by atoms with Crippen molar-refractivity contribution in [2.24, 2.45) is 0 Å². The normalized spacial score (nSPS) is 9.67. The molecule has 12 heteroatoms. The zero-order chi connectivity index (χ0) is 9.00. The predicted molar refractivity (Wildman–Crippen MR) is 20.9 cm³/mol. The van der Waals surface area contributed by atoms with Gasteiger partial charge in [-0.2, -0.15) is 0 Å². The van der Waals surface area contributed by atoms with Crippen LogP contribution >= 0.6 is 0 Å². The Labute approximate surface area is 102 Å². The summed E-state index contributed by atoms with van der Waals surface area (Å²) in [6, 6.07) is 0. The Balaban J connectivity index is -0.0000000457. The number of rotatable bonds is 0. The van der Waals surface area contributed by atoms with E-state index in [0.29, 0.717) is 0 Å². The van der Waals surface area contributed by atoms with E-state index in [1.807, 2.05) is 0 Å². The van der Waals surface area contributed by atoms with Gasteiger partial charge < -0.3 is 18.2 Å². The second kappa shape index (κ2) is 8.84. The second-order valence-corrected chi connectivity index (χ2v) is 2.45. The molecule has 0 spiro atoms. The summed E-state index contributed by atoms with van der Waals surface area (Å²) in [4.78, 5) is 0. The van der Waals surface area contributed by atoms with Gasteiger partial charge in [-0.1, -0.05) is 0 Å². The Hall–Kier alpha value is 1.26. The van der Waals surface area contributed by atoms with Crippen LogP contribution in [0.5, 0.6) is 0 Å². The third kappa shape index (κ3) is 747. The van der Waals surface area contributed by atoms with E-state index in [1.165, 1.54) is 0 Å². The summed E-state index contributed by atoms with van der Waals surface area (Å²) in [7, 11) is -10.3. The zero-order valence-electron chi connectivity index (χ0n) is 5.44. The third-order valence-corrected chi connectivity index (χ3v) is 0. The maximum Gasteiger partial charge on any atom is 3.00 e. The van der Waals surface area contributed by atoms with Crippen LogP contribution in [-0.4, -0.2) is 35.0 Å². The number of hydrogen-bond acceptors (Lipinski definition) is 8. The van der Waals surface area contributed by atoms with Gasteiger partial charge in [0.25, 0.3) is 0 Å². The molecule has 0 aliphatic rings. The molecule has 0 aliphatic heterocycles. The molecule has 0 aliphatic carbocycles. The molecule has 0 bridgehead atoms. The topological polar surface area (TPSA) is 161 Å². The van der Waals surface area contributed by atoms with Gasteiger partial charge in [0.2, 0.25) is 0 Å². The van der Waals surface area contributed by atoms with Crippen LogP contribution in [0.1, 0.15) is 0 Å². The van der Waals surface area contributed by atoms with Gasteiger partial charge in [0.05, 0.1) is 0 Å². The Kier molecular flexibility index (Phi) is 17.1. The molecular formula is FeNaO8S2. The summed E-state index contributed by atoms with van der Waals surface area (Å²) >= 11 is 0. The summed E-state index contributed by atoms with van der Waals surface area (Å²) in [5, 5.41) is 0. The average Bonchev–Trinajstić information content (AvgIpc) is 1.12. The van der Waals surface area contributed by atoms with Crippen molar-refractivity contribution in [3.63, 3.8) is 0 Å². The molecule has 0 fully saturated rings. The van der Waals surface area contributed by atoms with E-state index in [2.05, 4.69) is 0 Å². The largest absolute Gasteiger partial charge is 3.00 e. The van der Waals surface area contributed by atoms with Crippen LogP contribution in [0.4, 0.5) is 0 Å². The SMILES string of the molecule is O=S(=O)([O-])[O-].O=S(=O)([O-])[O-].[Fe+3].[Na+]. The maximum absolute atomic E-state index is 8.52. The molecule has 0 rings (SSSR count). The van der Waals surface area contributed by atoms with Gasteiger partial charge in [0.15, 0.2) is 0 Å². The smallest absolute Gasteiger partial charge is 0.759 e. The Morgan fingerprint density at radius 3 is 0.667 bits per heavy atom. The van der Waals surface area contributed by atoms with Crippen molar-refractivity contribution in [2.45, 2.75) is 0 Å². The molecule has 69 valence electrons. The molecule has 8 nitrogen and oxygen atoms in total. The van der Waals surface area contributed by atoms with Crippen molar-refractivity contribution in [1.82, 2.24) is 0 Å². The molecule has 0 aromatic rings. The van der Waals surface area contributed by atoms with Gasteiger partial charge in [-0.05, 0) is 0 Å². The van der Waals surface area contributed by atoms with Crippen LogP contribution in [-0.2, 0) is 37.9 Å². The van der Waals surface area contributed by atoms with Gasteiger partial charge in [-0.15, -0.1) is 0 Å². The van der Waals surface area contributed by atoms with Gasteiger partial charge in [-0.3, -0.25) is 16.8 Å². The summed E-state index contributed by atoms with van der Waals surface area (Å²) < 4.78 is 68.2. The molecule has 12 heavy (non-hydrogen) atoms. The van der Waals surface area contributed by atoms with Gasteiger partial charge in [0, 0.05) is 20.8 Å². The summed E-state index contributed by atoms with van der Waals surface area (Å²) in [6.45, 7) is 0. The molecule has 0 aromatic carbocycles. The molecule has 0 aromatic heterocycles. The van der Waals surface area contributed by atoms with Crippen molar-refractivity contribution < 1.29 is 81.7 Å². The van der Waals surface area contributed by atoms with Crippen LogP contribution in [0.15, 0.2) is 0 Å². The first-order valence-corrected chi connectivity index (χ1v) is 4.00. The summed E-state index contributed by atoms with van der Waals surface area (Å²) in [6.07, 6.45) is 0. The first kappa shape index (κ1) is 23.2.